The van der Waals surface area contributed by atoms with E-state index >= 15 is 0 Å². The van der Waals surface area contributed by atoms with Crippen molar-refractivity contribution in [1.82, 2.24) is 19.6 Å². The lowest BCUT2D eigenvalue weighted by Crippen LogP contribution is -2.51. The number of aromatic nitrogens is 2. The number of nitrogens with zero attached hydrogens (tertiary/aromatic N) is 6. The zero-order valence-corrected chi connectivity index (χ0v) is 22.8. The smallest absolute Gasteiger partial charge is 0.410 e. The quantitative estimate of drug-likeness (QED) is 0.214. The van der Waals surface area contributed by atoms with Gasteiger partial charge in [-0.05, 0) is 57.2 Å². The van der Waals surface area contributed by atoms with E-state index in [2.05, 4.69) is 4.99 Å². The molecule has 2 heterocycles. The molecule has 192 valence electrons. The third-order valence-corrected chi connectivity index (χ3v) is 6.39. The Morgan fingerprint density at radius 3 is 2.19 bits per heavy atom. The Kier molecular flexibility index (Phi) is 7.98. The van der Waals surface area contributed by atoms with Gasteiger partial charge in [0, 0.05) is 41.8 Å². The minimum atomic E-state index is -0.574. The van der Waals surface area contributed by atoms with Gasteiger partial charge in [0.2, 0.25) is 6.19 Å². The van der Waals surface area contributed by atoms with Gasteiger partial charge in [0.15, 0.2) is 5.84 Å². The van der Waals surface area contributed by atoms with Crippen LogP contribution in [0, 0.1) is 11.5 Å². The number of hydrogen-bond donors (Lipinski definition) is 0. The Balaban J connectivity index is 1.68. The van der Waals surface area contributed by atoms with Gasteiger partial charge in [-0.1, -0.05) is 46.9 Å². The monoisotopic (exact) mass is 558 g/mol. The van der Waals surface area contributed by atoms with E-state index in [1.54, 1.807) is 39.9 Å². The minimum absolute atomic E-state index is 0.363. The summed E-state index contributed by atoms with van der Waals surface area (Å²) in [7, 11) is 0. The van der Waals surface area contributed by atoms with Crippen molar-refractivity contribution in [2.45, 2.75) is 26.4 Å². The fraction of sp³-hybridized carbons (Fsp3) is 0.308. The highest BCUT2D eigenvalue weighted by atomic mass is 35.5. The summed E-state index contributed by atoms with van der Waals surface area (Å²) >= 11 is 18.8. The number of ether oxygens (including phenoxy) is 1. The van der Waals surface area contributed by atoms with Crippen LogP contribution in [-0.2, 0) is 4.74 Å². The molecule has 0 atom stereocenters. The van der Waals surface area contributed by atoms with Crippen LogP contribution in [0.4, 0.5) is 4.79 Å². The number of halogens is 3. The number of aliphatic imine (C=N–C) groups is 1. The fourth-order valence-corrected chi connectivity index (χ4v) is 4.53. The summed E-state index contributed by atoms with van der Waals surface area (Å²) in [6.45, 7) is 7.27. The van der Waals surface area contributed by atoms with Crippen LogP contribution in [0.1, 0.15) is 26.5 Å². The first-order chi connectivity index (χ1) is 17.6. The maximum Gasteiger partial charge on any atom is 0.410 e. The lowest BCUT2D eigenvalue weighted by Gasteiger charge is -2.36. The van der Waals surface area contributed by atoms with E-state index < -0.39 is 5.60 Å². The number of hydrogen-bond acceptors (Lipinski definition) is 5. The standard InChI is InChI=1S/C26H25Cl3N6O2/c1-26(2,3)37-25(36)34-12-10-33(11-13-34)24(31-16-30)21-15-23(17-4-6-18(27)7-5-17)35(32-21)22-9-8-19(28)14-20(22)29/h4-9,14-15H,10-13H2,1-3H3. The summed E-state index contributed by atoms with van der Waals surface area (Å²) in [5.41, 5.74) is 2.11. The van der Waals surface area contributed by atoms with Crippen molar-refractivity contribution in [2.75, 3.05) is 26.2 Å². The molecule has 0 saturated carbocycles. The van der Waals surface area contributed by atoms with E-state index in [1.165, 1.54) is 0 Å². The second kappa shape index (κ2) is 11.0. The van der Waals surface area contributed by atoms with Crippen molar-refractivity contribution in [1.29, 1.82) is 5.26 Å². The van der Waals surface area contributed by atoms with Crippen molar-refractivity contribution < 1.29 is 9.53 Å². The maximum absolute atomic E-state index is 12.5. The molecule has 1 saturated heterocycles. The molecule has 0 spiro atoms. The van der Waals surface area contributed by atoms with Crippen LogP contribution >= 0.6 is 34.8 Å². The van der Waals surface area contributed by atoms with Crippen LogP contribution in [0.5, 0.6) is 0 Å². The highest BCUT2D eigenvalue weighted by Crippen LogP contribution is 2.31. The molecule has 0 radical (unpaired) electrons. The molecule has 1 aliphatic rings. The predicted molar refractivity (Wildman–Crippen MR) is 146 cm³/mol. The number of amides is 1. The normalized spacial score (nSPS) is 14.5. The largest absolute Gasteiger partial charge is 0.444 e. The van der Waals surface area contributed by atoms with Gasteiger partial charge in [-0.3, -0.25) is 0 Å². The SMILES string of the molecule is CC(C)(C)OC(=O)N1CCN(C(=NC#N)c2cc(-c3ccc(Cl)cc3)n(-c3ccc(Cl)cc3Cl)n2)CC1. The molecule has 8 nitrogen and oxygen atoms in total. The van der Waals surface area contributed by atoms with E-state index in [9.17, 15) is 10.1 Å². The highest BCUT2D eigenvalue weighted by Gasteiger charge is 2.29. The number of amidine groups is 1. The first-order valence-corrected chi connectivity index (χ1v) is 12.7. The Morgan fingerprint density at radius 1 is 0.973 bits per heavy atom. The van der Waals surface area contributed by atoms with E-state index in [4.69, 9.17) is 44.6 Å². The summed E-state index contributed by atoms with van der Waals surface area (Å²) in [6.07, 6.45) is 1.53. The molecule has 1 amide bonds. The number of carbonyl (C=O) groups excluding carboxylic acids is 1. The van der Waals surface area contributed by atoms with E-state index in [-0.39, 0.29) is 6.09 Å². The molecule has 0 N–H and O–H groups in total. The first kappa shape index (κ1) is 26.8. The summed E-state index contributed by atoms with van der Waals surface area (Å²) in [5, 5.41) is 15.8. The third-order valence-electron chi connectivity index (χ3n) is 5.60. The topological polar surface area (TPSA) is 86.8 Å². The maximum atomic E-state index is 12.5. The lowest BCUT2D eigenvalue weighted by molar-refractivity contribution is 0.0187. The third kappa shape index (κ3) is 6.37. The van der Waals surface area contributed by atoms with Gasteiger partial charge in [0.1, 0.15) is 11.3 Å². The summed E-state index contributed by atoms with van der Waals surface area (Å²) < 4.78 is 7.18. The number of benzene rings is 2. The molecule has 11 heteroatoms. The predicted octanol–water partition coefficient (Wildman–Crippen LogP) is 6.28. The van der Waals surface area contributed by atoms with Crippen LogP contribution in [0.15, 0.2) is 53.5 Å². The number of piperazine rings is 1. The molecule has 0 bridgehead atoms. The molecule has 1 aromatic heterocycles. The minimum Gasteiger partial charge on any atom is -0.444 e. The fourth-order valence-electron chi connectivity index (χ4n) is 3.92. The molecular formula is C26H25Cl3N6O2. The average Bonchev–Trinajstić information content (AvgIpc) is 3.27. The zero-order chi connectivity index (χ0) is 26.7. The molecule has 1 fully saturated rings. The number of carbonyl (C=O) groups is 1. The van der Waals surface area contributed by atoms with E-state index in [0.717, 1.165) is 11.3 Å². The molecule has 1 aliphatic heterocycles. The number of nitriles is 1. The Labute approximate surface area is 230 Å². The van der Waals surface area contributed by atoms with Crippen molar-refractivity contribution in [2.24, 2.45) is 4.99 Å². The second-order valence-corrected chi connectivity index (χ2v) is 10.7. The second-order valence-electron chi connectivity index (χ2n) is 9.42. The van der Waals surface area contributed by atoms with Gasteiger partial charge >= 0.3 is 6.09 Å². The summed E-state index contributed by atoms with van der Waals surface area (Å²) in [4.78, 5) is 20.2. The molecule has 0 aliphatic carbocycles. The summed E-state index contributed by atoms with van der Waals surface area (Å²) in [6, 6.07) is 14.3. The van der Waals surface area contributed by atoms with Crippen molar-refractivity contribution in [3.05, 3.63) is 69.3 Å². The van der Waals surface area contributed by atoms with E-state index in [0.29, 0.717) is 58.5 Å². The Morgan fingerprint density at radius 2 is 1.59 bits per heavy atom. The van der Waals surface area contributed by atoms with Crippen LogP contribution in [0.25, 0.3) is 16.9 Å². The lowest BCUT2D eigenvalue weighted by atomic mass is 10.1. The van der Waals surface area contributed by atoms with Gasteiger partial charge in [0.25, 0.3) is 0 Å². The Bertz CT molecular complexity index is 1360. The van der Waals surface area contributed by atoms with Crippen molar-refractivity contribution >= 4 is 46.7 Å². The Hall–Kier alpha value is -3.25. The zero-order valence-electron chi connectivity index (χ0n) is 20.6. The van der Waals surface area contributed by atoms with Gasteiger partial charge in [-0.25, -0.2) is 9.48 Å². The van der Waals surface area contributed by atoms with E-state index in [1.807, 2.05) is 50.1 Å². The average molecular weight is 560 g/mol. The van der Waals surface area contributed by atoms with Gasteiger partial charge in [-0.15, -0.1) is 0 Å². The van der Waals surface area contributed by atoms with Gasteiger partial charge in [-0.2, -0.15) is 15.4 Å². The van der Waals surface area contributed by atoms with Crippen LogP contribution < -0.4 is 0 Å². The van der Waals surface area contributed by atoms with Crippen LogP contribution in [0.2, 0.25) is 15.1 Å². The number of rotatable bonds is 3. The van der Waals surface area contributed by atoms with Gasteiger partial charge < -0.3 is 14.5 Å². The molecule has 0 unspecified atom stereocenters. The highest BCUT2D eigenvalue weighted by molar-refractivity contribution is 6.35. The molecular weight excluding hydrogens is 535 g/mol. The van der Waals surface area contributed by atoms with Crippen molar-refractivity contribution in [3.8, 4) is 23.1 Å². The van der Waals surface area contributed by atoms with Crippen molar-refractivity contribution in [3.63, 3.8) is 0 Å². The molecule has 3 aromatic rings. The van der Waals surface area contributed by atoms with Crippen LogP contribution in [0.3, 0.4) is 0 Å². The first-order valence-electron chi connectivity index (χ1n) is 11.6. The molecule has 2 aromatic carbocycles. The molecule has 37 heavy (non-hydrogen) atoms. The van der Waals surface area contributed by atoms with Gasteiger partial charge in [0.05, 0.1) is 16.4 Å². The van der Waals surface area contributed by atoms with Crippen LogP contribution in [-0.4, -0.2) is 63.3 Å². The molecule has 4 rings (SSSR count). The summed E-state index contributed by atoms with van der Waals surface area (Å²) in [5.74, 6) is 0.408.